The summed E-state index contributed by atoms with van der Waals surface area (Å²) in [5.74, 6) is -0.877. The minimum atomic E-state index is -0.877. The molecule has 1 aromatic heterocycles. The number of hydrogen-bond acceptors (Lipinski definition) is 3. The van der Waals surface area contributed by atoms with Crippen molar-refractivity contribution in [1.29, 1.82) is 0 Å². The minimum Gasteiger partial charge on any atom is -0.481 e. The SMILES string of the molecule is Cc1ccc(Cn2nncc2CC(=O)O)cc1. The second kappa shape index (κ2) is 4.78. The third-order valence-electron chi connectivity index (χ3n) is 2.48. The topological polar surface area (TPSA) is 68.0 Å². The van der Waals surface area contributed by atoms with Crippen LogP contribution in [0.2, 0.25) is 0 Å². The van der Waals surface area contributed by atoms with E-state index in [9.17, 15) is 4.79 Å². The van der Waals surface area contributed by atoms with Crippen LogP contribution >= 0.6 is 0 Å². The molecule has 1 heterocycles. The van der Waals surface area contributed by atoms with Crippen LogP contribution in [0, 0.1) is 6.92 Å². The number of hydrogen-bond donors (Lipinski definition) is 1. The van der Waals surface area contributed by atoms with E-state index in [-0.39, 0.29) is 6.42 Å². The first kappa shape index (κ1) is 11.3. The average molecular weight is 231 g/mol. The molecule has 0 spiro atoms. The average Bonchev–Trinajstić information content (AvgIpc) is 2.68. The lowest BCUT2D eigenvalue weighted by Crippen LogP contribution is -2.10. The van der Waals surface area contributed by atoms with E-state index in [1.54, 1.807) is 4.68 Å². The van der Waals surface area contributed by atoms with E-state index in [0.29, 0.717) is 12.2 Å². The van der Waals surface area contributed by atoms with Gasteiger partial charge in [0.2, 0.25) is 0 Å². The summed E-state index contributed by atoms with van der Waals surface area (Å²) in [5, 5.41) is 16.4. The smallest absolute Gasteiger partial charge is 0.309 e. The van der Waals surface area contributed by atoms with Crippen molar-refractivity contribution >= 4 is 5.97 Å². The molecule has 1 aromatic carbocycles. The predicted octanol–water partition coefficient (Wildman–Crippen LogP) is 1.26. The normalized spacial score (nSPS) is 10.4. The van der Waals surface area contributed by atoms with E-state index in [2.05, 4.69) is 10.3 Å². The fourth-order valence-corrected chi connectivity index (χ4v) is 1.57. The largest absolute Gasteiger partial charge is 0.481 e. The van der Waals surface area contributed by atoms with Crippen molar-refractivity contribution in [2.45, 2.75) is 19.9 Å². The van der Waals surface area contributed by atoms with Crippen LogP contribution in [-0.4, -0.2) is 26.1 Å². The summed E-state index contributed by atoms with van der Waals surface area (Å²) in [6.07, 6.45) is 1.43. The molecule has 17 heavy (non-hydrogen) atoms. The van der Waals surface area contributed by atoms with Gasteiger partial charge in [-0.25, -0.2) is 4.68 Å². The second-order valence-corrected chi connectivity index (χ2v) is 3.94. The van der Waals surface area contributed by atoms with Crippen LogP contribution in [0.4, 0.5) is 0 Å². The molecule has 5 heteroatoms. The lowest BCUT2D eigenvalue weighted by Gasteiger charge is -2.05. The van der Waals surface area contributed by atoms with Crippen molar-refractivity contribution < 1.29 is 9.90 Å². The molecule has 5 nitrogen and oxygen atoms in total. The van der Waals surface area contributed by atoms with Crippen molar-refractivity contribution in [2.75, 3.05) is 0 Å². The Morgan fingerprint density at radius 3 is 2.71 bits per heavy atom. The molecule has 0 saturated carbocycles. The zero-order valence-corrected chi connectivity index (χ0v) is 9.50. The fraction of sp³-hybridized carbons (Fsp3) is 0.250. The highest BCUT2D eigenvalue weighted by atomic mass is 16.4. The van der Waals surface area contributed by atoms with E-state index in [0.717, 1.165) is 5.56 Å². The van der Waals surface area contributed by atoms with Gasteiger partial charge in [0, 0.05) is 0 Å². The maximum Gasteiger partial charge on any atom is 0.309 e. The Morgan fingerprint density at radius 2 is 2.06 bits per heavy atom. The molecule has 0 aliphatic rings. The first-order chi connectivity index (χ1) is 8.15. The summed E-state index contributed by atoms with van der Waals surface area (Å²) in [6.45, 7) is 2.57. The summed E-state index contributed by atoms with van der Waals surface area (Å²) >= 11 is 0. The van der Waals surface area contributed by atoms with Gasteiger partial charge in [-0.1, -0.05) is 35.0 Å². The number of aliphatic carboxylic acids is 1. The van der Waals surface area contributed by atoms with E-state index >= 15 is 0 Å². The van der Waals surface area contributed by atoms with Gasteiger partial charge >= 0.3 is 5.97 Å². The third kappa shape index (κ3) is 2.90. The zero-order valence-electron chi connectivity index (χ0n) is 9.50. The lowest BCUT2D eigenvalue weighted by atomic mass is 10.1. The standard InChI is InChI=1S/C12H13N3O2/c1-9-2-4-10(5-3-9)8-15-11(6-12(16)17)7-13-14-15/h2-5,7H,6,8H2,1H3,(H,16,17). The number of carboxylic acids is 1. The summed E-state index contributed by atoms with van der Waals surface area (Å²) in [6, 6.07) is 8.04. The molecule has 0 aliphatic heterocycles. The van der Waals surface area contributed by atoms with Gasteiger partial charge in [0.15, 0.2) is 0 Å². The van der Waals surface area contributed by atoms with Crippen LogP contribution in [0.25, 0.3) is 0 Å². The summed E-state index contributed by atoms with van der Waals surface area (Å²) in [4.78, 5) is 10.6. The number of rotatable bonds is 4. The van der Waals surface area contributed by atoms with Crippen LogP contribution < -0.4 is 0 Å². The van der Waals surface area contributed by atoms with Gasteiger partial charge in [0.25, 0.3) is 0 Å². The number of aryl methyl sites for hydroxylation is 1. The molecule has 0 radical (unpaired) electrons. The first-order valence-corrected chi connectivity index (χ1v) is 5.30. The highest BCUT2D eigenvalue weighted by Gasteiger charge is 2.08. The molecule has 0 aliphatic carbocycles. The molecule has 1 N–H and O–H groups in total. The molecular formula is C12H13N3O2. The molecule has 88 valence electrons. The van der Waals surface area contributed by atoms with Crippen molar-refractivity contribution in [3.05, 3.63) is 47.3 Å². The van der Waals surface area contributed by atoms with Crippen molar-refractivity contribution in [3.63, 3.8) is 0 Å². The highest BCUT2D eigenvalue weighted by molar-refractivity contribution is 5.69. The Kier molecular flexibility index (Phi) is 3.18. The molecule has 0 atom stereocenters. The van der Waals surface area contributed by atoms with Gasteiger partial charge in [0.05, 0.1) is 24.9 Å². The third-order valence-corrected chi connectivity index (χ3v) is 2.48. The Balaban J connectivity index is 2.15. The van der Waals surface area contributed by atoms with E-state index in [4.69, 9.17) is 5.11 Å². The van der Waals surface area contributed by atoms with Gasteiger partial charge in [-0.3, -0.25) is 4.79 Å². The van der Waals surface area contributed by atoms with Crippen LogP contribution in [0.5, 0.6) is 0 Å². The predicted molar refractivity (Wildman–Crippen MR) is 61.6 cm³/mol. The minimum absolute atomic E-state index is 0.0567. The van der Waals surface area contributed by atoms with E-state index in [1.807, 2.05) is 31.2 Å². The van der Waals surface area contributed by atoms with E-state index in [1.165, 1.54) is 11.8 Å². The number of benzene rings is 1. The highest BCUT2D eigenvalue weighted by Crippen LogP contribution is 2.07. The molecule has 0 saturated heterocycles. The van der Waals surface area contributed by atoms with Gasteiger partial charge in [0.1, 0.15) is 0 Å². The maximum atomic E-state index is 10.6. The lowest BCUT2D eigenvalue weighted by molar-refractivity contribution is -0.136. The summed E-state index contributed by atoms with van der Waals surface area (Å²) < 4.78 is 1.61. The monoisotopic (exact) mass is 231 g/mol. The molecular weight excluding hydrogens is 218 g/mol. The van der Waals surface area contributed by atoms with Gasteiger partial charge in [-0.15, -0.1) is 5.10 Å². The van der Waals surface area contributed by atoms with Crippen molar-refractivity contribution in [1.82, 2.24) is 15.0 Å². The Morgan fingerprint density at radius 1 is 1.35 bits per heavy atom. The van der Waals surface area contributed by atoms with Crippen molar-refractivity contribution in [3.8, 4) is 0 Å². The number of carbonyl (C=O) groups is 1. The molecule has 0 amide bonds. The van der Waals surface area contributed by atoms with Crippen LogP contribution in [-0.2, 0) is 17.8 Å². The maximum absolute atomic E-state index is 10.6. The summed E-state index contributed by atoms with van der Waals surface area (Å²) in [7, 11) is 0. The van der Waals surface area contributed by atoms with Crippen LogP contribution in [0.15, 0.2) is 30.5 Å². The van der Waals surface area contributed by atoms with Crippen LogP contribution in [0.1, 0.15) is 16.8 Å². The van der Waals surface area contributed by atoms with E-state index < -0.39 is 5.97 Å². The first-order valence-electron chi connectivity index (χ1n) is 5.30. The Hall–Kier alpha value is -2.17. The van der Waals surface area contributed by atoms with Crippen molar-refractivity contribution in [2.24, 2.45) is 0 Å². The molecule has 0 unspecified atom stereocenters. The van der Waals surface area contributed by atoms with Gasteiger partial charge in [-0.05, 0) is 12.5 Å². The molecule has 0 bridgehead atoms. The molecule has 2 aromatic rings. The summed E-state index contributed by atoms with van der Waals surface area (Å²) in [5.41, 5.74) is 2.88. The number of aromatic nitrogens is 3. The number of carboxylic acid groups (broad SMARTS) is 1. The van der Waals surface area contributed by atoms with Crippen LogP contribution in [0.3, 0.4) is 0 Å². The molecule has 2 rings (SSSR count). The Bertz CT molecular complexity index is 517. The molecule has 0 fully saturated rings. The van der Waals surface area contributed by atoms with Gasteiger partial charge < -0.3 is 5.11 Å². The number of nitrogens with zero attached hydrogens (tertiary/aromatic N) is 3. The fourth-order valence-electron chi connectivity index (χ4n) is 1.57. The van der Waals surface area contributed by atoms with Gasteiger partial charge in [-0.2, -0.15) is 0 Å². The zero-order chi connectivity index (χ0) is 12.3. The quantitative estimate of drug-likeness (QED) is 0.860. The second-order valence-electron chi connectivity index (χ2n) is 3.94. The Labute approximate surface area is 98.7 Å².